The maximum Gasteiger partial charge on any atom is 0.157 e. The quantitative estimate of drug-likeness (QED) is 0.805. The minimum atomic E-state index is 0.517. The van der Waals surface area contributed by atoms with Crippen molar-refractivity contribution >= 4 is 16.7 Å². The van der Waals surface area contributed by atoms with Crippen molar-refractivity contribution in [2.24, 2.45) is 7.05 Å². The van der Waals surface area contributed by atoms with Gasteiger partial charge < -0.3 is 10.5 Å². The number of ether oxygens (including phenoxy) is 1. The molecule has 88 valence electrons. The van der Waals surface area contributed by atoms with Crippen LogP contribution in [-0.4, -0.2) is 16.9 Å². The largest absolute Gasteiger partial charge is 0.496 e. The molecule has 0 aliphatic heterocycles. The fourth-order valence-electron chi connectivity index (χ4n) is 1.77. The number of aryl methyl sites for hydroxylation is 2. The average molecular weight is 221 g/mol. The van der Waals surface area contributed by atoms with Crippen molar-refractivity contribution in [3.63, 3.8) is 0 Å². The number of rotatable bonds is 1. The van der Waals surface area contributed by atoms with Crippen LogP contribution in [0.5, 0.6) is 5.75 Å². The summed E-state index contributed by atoms with van der Waals surface area (Å²) in [6.45, 7) is 6.03. The van der Waals surface area contributed by atoms with Crippen LogP contribution < -0.4 is 10.5 Å². The summed E-state index contributed by atoms with van der Waals surface area (Å²) in [5.41, 5.74) is 7.99. The van der Waals surface area contributed by atoms with Gasteiger partial charge in [-0.1, -0.05) is 19.9 Å². The summed E-state index contributed by atoms with van der Waals surface area (Å²) < 4.78 is 7.02. The zero-order valence-corrected chi connectivity index (χ0v) is 10.5. The molecule has 0 aliphatic carbocycles. The number of nitrogens with two attached hydrogens (primary N) is 1. The highest BCUT2D eigenvalue weighted by atomic mass is 16.5. The normalized spacial score (nSPS) is 9.81. The maximum atomic E-state index is 5.81. The summed E-state index contributed by atoms with van der Waals surface area (Å²) in [7, 11) is 3.52. The number of methoxy groups -OCH3 is 1. The molecule has 0 saturated carbocycles. The molecule has 4 nitrogen and oxygen atoms in total. The Morgan fingerprint density at radius 2 is 1.94 bits per heavy atom. The van der Waals surface area contributed by atoms with Crippen molar-refractivity contribution in [1.82, 2.24) is 9.78 Å². The molecule has 1 aromatic carbocycles. The zero-order valence-electron chi connectivity index (χ0n) is 10.5. The molecule has 2 N–H and O–H groups in total. The predicted molar refractivity (Wildman–Crippen MR) is 67.8 cm³/mol. The molecule has 1 aromatic heterocycles. The number of nitrogen functional groups attached to an aromatic ring is 1. The van der Waals surface area contributed by atoms with E-state index in [0.717, 1.165) is 22.2 Å². The van der Waals surface area contributed by atoms with Crippen molar-refractivity contribution in [2.45, 2.75) is 20.8 Å². The number of hydrogen-bond acceptors (Lipinski definition) is 3. The van der Waals surface area contributed by atoms with E-state index < -0.39 is 0 Å². The number of aromatic nitrogens is 2. The second-order valence-corrected chi connectivity index (χ2v) is 3.32. The van der Waals surface area contributed by atoms with Crippen LogP contribution in [0.25, 0.3) is 10.9 Å². The van der Waals surface area contributed by atoms with E-state index in [0.29, 0.717) is 5.82 Å². The van der Waals surface area contributed by atoms with Gasteiger partial charge >= 0.3 is 0 Å². The smallest absolute Gasteiger partial charge is 0.157 e. The molecule has 0 radical (unpaired) electrons. The lowest BCUT2D eigenvalue weighted by Crippen LogP contribution is -1.92. The van der Waals surface area contributed by atoms with Crippen LogP contribution >= 0.6 is 0 Å². The molecule has 0 bridgehead atoms. The Morgan fingerprint density at radius 1 is 1.31 bits per heavy atom. The minimum Gasteiger partial charge on any atom is -0.496 e. The molecule has 0 fully saturated rings. The van der Waals surface area contributed by atoms with E-state index in [4.69, 9.17) is 10.5 Å². The molecule has 2 aromatic rings. The zero-order chi connectivity index (χ0) is 12.3. The first-order chi connectivity index (χ1) is 7.65. The SMILES string of the molecule is CC.COc1ccc(C)c2c1c(N)nn2C. The molecule has 16 heavy (non-hydrogen) atoms. The second kappa shape index (κ2) is 4.88. The molecule has 0 spiro atoms. The van der Waals surface area contributed by atoms with E-state index >= 15 is 0 Å². The van der Waals surface area contributed by atoms with Crippen LogP contribution in [0.2, 0.25) is 0 Å². The lowest BCUT2D eigenvalue weighted by Gasteiger charge is -2.04. The first-order valence-electron chi connectivity index (χ1n) is 5.41. The molecular formula is C12H19N3O. The molecule has 0 amide bonds. The Labute approximate surface area is 96.0 Å². The van der Waals surface area contributed by atoms with E-state index in [-0.39, 0.29) is 0 Å². The third-order valence-electron chi connectivity index (χ3n) is 2.40. The summed E-state index contributed by atoms with van der Waals surface area (Å²) in [4.78, 5) is 0. The van der Waals surface area contributed by atoms with Gasteiger partial charge in [-0.2, -0.15) is 5.10 Å². The number of fused-ring (bicyclic) bond motifs is 1. The summed E-state index contributed by atoms with van der Waals surface area (Å²) in [6.07, 6.45) is 0. The monoisotopic (exact) mass is 221 g/mol. The van der Waals surface area contributed by atoms with E-state index in [1.54, 1.807) is 11.8 Å². The Balaban J connectivity index is 0.000000606. The van der Waals surface area contributed by atoms with Crippen molar-refractivity contribution in [3.8, 4) is 5.75 Å². The molecule has 1 heterocycles. The molecular weight excluding hydrogens is 202 g/mol. The fourth-order valence-corrected chi connectivity index (χ4v) is 1.77. The van der Waals surface area contributed by atoms with Crippen LogP contribution in [0, 0.1) is 6.92 Å². The van der Waals surface area contributed by atoms with Crippen LogP contribution in [0.15, 0.2) is 12.1 Å². The van der Waals surface area contributed by atoms with Gasteiger partial charge in [0.05, 0.1) is 18.0 Å². The Bertz CT molecular complexity index is 488. The van der Waals surface area contributed by atoms with Crippen LogP contribution in [0.4, 0.5) is 5.82 Å². The van der Waals surface area contributed by atoms with Crippen LogP contribution in [0.1, 0.15) is 19.4 Å². The Morgan fingerprint density at radius 3 is 2.50 bits per heavy atom. The molecule has 0 unspecified atom stereocenters. The summed E-state index contributed by atoms with van der Waals surface area (Å²) in [6, 6.07) is 3.91. The minimum absolute atomic E-state index is 0.517. The highest BCUT2D eigenvalue weighted by Crippen LogP contribution is 2.31. The third-order valence-corrected chi connectivity index (χ3v) is 2.40. The van der Waals surface area contributed by atoms with Gasteiger partial charge in [0, 0.05) is 7.05 Å². The first-order valence-corrected chi connectivity index (χ1v) is 5.41. The lowest BCUT2D eigenvalue weighted by molar-refractivity contribution is 0.420. The highest BCUT2D eigenvalue weighted by molar-refractivity contribution is 5.96. The Hall–Kier alpha value is -1.71. The summed E-state index contributed by atoms with van der Waals surface area (Å²) >= 11 is 0. The van der Waals surface area contributed by atoms with Gasteiger partial charge in [-0.15, -0.1) is 0 Å². The first kappa shape index (κ1) is 12.4. The average Bonchev–Trinajstić information content (AvgIpc) is 2.59. The standard InChI is InChI=1S/C10H13N3O.C2H6/c1-6-4-5-7(14-3)8-9(6)13(2)12-10(8)11;1-2/h4-5H,1-3H3,(H2,11,12);1-2H3. The Kier molecular flexibility index (Phi) is 3.77. The molecule has 0 aliphatic rings. The van der Waals surface area contributed by atoms with Crippen molar-refractivity contribution in [2.75, 3.05) is 12.8 Å². The van der Waals surface area contributed by atoms with Gasteiger partial charge in [0.1, 0.15) is 5.75 Å². The summed E-state index contributed by atoms with van der Waals surface area (Å²) in [5, 5.41) is 5.07. The van der Waals surface area contributed by atoms with Gasteiger partial charge in [0.2, 0.25) is 0 Å². The number of nitrogens with zero attached hydrogens (tertiary/aromatic N) is 2. The van der Waals surface area contributed by atoms with Gasteiger partial charge in [0.25, 0.3) is 0 Å². The van der Waals surface area contributed by atoms with Crippen molar-refractivity contribution < 1.29 is 4.74 Å². The van der Waals surface area contributed by atoms with Gasteiger partial charge in [-0.25, -0.2) is 0 Å². The van der Waals surface area contributed by atoms with Crippen molar-refractivity contribution in [1.29, 1.82) is 0 Å². The summed E-state index contributed by atoms with van der Waals surface area (Å²) in [5.74, 6) is 1.29. The highest BCUT2D eigenvalue weighted by Gasteiger charge is 2.12. The topological polar surface area (TPSA) is 53.1 Å². The van der Waals surface area contributed by atoms with Crippen molar-refractivity contribution in [3.05, 3.63) is 17.7 Å². The van der Waals surface area contributed by atoms with Crippen LogP contribution in [0.3, 0.4) is 0 Å². The van der Waals surface area contributed by atoms with E-state index in [1.165, 1.54) is 0 Å². The predicted octanol–water partition coefficient (Wildman–Crippen LogP) is 2.50. The second-order valence-electron chi connectivity index (χ2n) is 3.32. The van der Waals surface area contributed by atoms with E-state index in [1.807, 2.05) is 40.0 Å². The van der Waals surface area contributed by atoms with Gasteiger partial charge in [0.15, 0.2) is 5.82 Å². The van der Waals surface area contributed by atoms with E-state index in [9.17, 15) is 0 Å². The number of hydrogen-bond donors (Lipinski definition) is 1. The van der Waals surface area contributed by atoms with E-state index in [2.05, 4.69) is 5.10 Å². The molecule has 0 atom stereocenters. The van der Waals surface area contributed by atoms with Crippen LogP contribution in [-0.2, 0) is 7.05 Å². The molecule has 0 saturated heterocycles. The van der Waals surface area contributed by atoms with Gasteiger partial charge in [-0.05, 0) is 18.6 Å². The maximum absolute atomic E-state index is 5.81. The third kappa shape index (κ3) is 1.83. The molecule has 4 heteroatoms. The van der Waals surface area contributed by atoms with Gasteiger partial charge in [-0.3, -0.25) is 4.68 Å². The molecule has 2 rings (SSSR count). The fraction of sp³-hybridized carbons (Fsp3) is 0.417. The lowest BCUT2D eigenvalue weighted by atomic mass is 10.1. The number of anilines is 1. The number of benzene rings is 1.